The van der Waals surface area contributed by atoms with Gasteiger partial charge in [0.25, 0.3) is 0 Å². The highest BCUT2D eigenvalue weighted by Crippen LogP contribution is 2.24. The number of benzene rings is 2. The minimum absolute atomic E-state index is 0.794. The fraction of sp³-hybridized carbons (Fsp3) is 0.333. The highest BCUT2D eigenvalue weighted by atomic mass is 14.9. The lowest BCUT2D eigenvalue weighted by Gasteiger charge is -2.06. The van der Waals surface area contributed by atoms with Crippen LogP contribution in [0.1, 0.15) is 50.7 Å². The second-order valence-corrected chi connectivity index (χ2v) is 6.90. The van der Waals surface area contributed by atoms with Crippen molar-refractivity contribution in [2.45, 2.75) is 52.4 Å². The van der Waals surface area contributed by atoms with Gasteiger partial charge < -0.3 is 0 Å². The molecule has 0 unspecified atom stereocenters. The van der Waals surface area contributed by atoms with Crippen LogP contribution in [0.4, 0.5) is 0 Å². The summed E-state index contributed by atoms with van der Waals surface area (Å²) in [6.45, 7) is 4.42. The maximum Gasteiger partial charge on any atom is 0.159 e. The Balaban J connectivity index is 1.68. The third-order valence-corrected chi connectivity index (χ3v) is 4.74. The third-order valence-electron chi connectivity index (χ3n) is 4.74. The summed E-state index contributed by atoms with van der Waals surface area (Å²) in [4.78, 5) is 9.01. The molecule has 0 saturated carbocycles. The molecule has 0 aliphatic rings. The Morgan fingerprint density at radius 3 is 1.73 bits per heavy atom. The Morgan fingerprint density at radius 1 is 0.577 bits per heavy atom. The second kappa shape index (κ2) is 9.28. The molecule has 0 N–H and O–H groups in total. The van der Waals surface area contributed by atoms with Crippen LogP contribution >= 0.6 is 0 Å². The molecule has 3 aromatic rings. The Bertz CT molecular complexity index is 787. The predicted molar refractivity (Wildman–Crippen MR) is 110 cm³/mol. The number of hydrogen-bond donors (Lipinski definition) is 0. The van der Waals surface area contributed by atoms with Crippen molar-refractivity contribution in [3.8, 4) is 22.5 Å². The number of unbranched alkanes of at least 4 members (excludes halogenated alkanes) is 2. The van der Waals surface area contributed by atoms with Gasteiger partial charge in [-0.25, -0.2) is 9.97 Å². The summed E-state index contributed by atoms with van der Waals surface area (Å²) in [5.41, 5.74) is 6.19. The molecule has 134 valence electrons. The van der Waals surface area contributed by atoms with E-state index in [1.807, 2.05) is 12.4 Å². The van der Waals surface area contributed by atoms with Gasteiger partial charge in [0.1, 0.15) is 0 Å². The van der Waals surface area contributed by atoms with Crippen LogP contribution in [0.5, 0.6) is 0 Å². The van der Waals surface area contributed by atoms with Gasteiger partial charge in [0.2, 0.25) is 0 Å². The summed E-state index contributed by atoms with van der Waals surface area (Å²) >= 11 is 0. The van der Waals surface area contributed by atoms with E-state index in [-0.39, 0.29) is 0 Å². The number of aromatic nitrogens is 2. The molecule has 1 heterocycles. The summed E-state index contributed by atoms with van der Waals surface area (Å²) in [7, 11) is 0. The Labute approximate surface area is 157 Å². The summed E-state index contributed by atoms with van der Waals surface area (Å²) in [5, 5.41) is 0. The van der Waals surface area contributed by atoms with E-state index >= 15 is 0 Å². The van der Waals surface area contributed by atoms with Crippen molar-refractivity contribution >= 4 is 0 Å². The average Bonchev–Trinajstić information content (AvgIpc) is 2.70. The monoisotopic (exact) mass is 344 g/mol. The van der Waals surface area contributed by atoms with Crippen LogP contribution in [0.2, 0.25) is 0 Å². The van der Waals surface area contributed by atoms with Crippen LogP contribution in [0.25, 0.3) is 22.5 Å². The van der Waals surface area contributed by atoms with Crippen LogP contribution in [0.15, 0.2) is 60.9 Å². The van der Waals surface area contributed by atoms with Crippen molar-refractivity contribution in [1.82, 2.24) is 9.97 Å². The summed E-state index contributed by atoms with van der Waals surface area (Å²) < 4.78 is 0. The number of aryl methyl sites for hydroxylation is 2. The van der Waals surface area contributed by atoms with Gasteiger partial charge in [-0.1, -0.05) is 81.6 Å². The zero-order chi connectivity index (χ0) is 18.2. The summed E-state index contributed by atoms with van der Waals surface area (Å²) in [6.07, 6.45) is 11.1. The fourth-order valence-corrected chi connectivity index (χ4v) is 3.18. The maximum absolute atomic E-state index is 4.51. The van der Waals surface area contributed by atoms with Gasteiger partial charge >= 0.3 is 0 Å². The molecule has 0 amide bonds. The highest BCUT2D eigenvalue weighted by molar-refractivity contribution is 5.67. The van der Waals surface area contributed by atoms with Crippen molar-refractivity contribution in [3.63, 3.8) is 0 Å². The molecule has 3 rings (SSSR count). The van der Waals surface area contributed by atoms with E-state index in [0.29, 0.717) is 0 Å². The van der Waals surface area contributed by atoms with Crippen LogP contribution in [0.3, 0.4) is 0 Å². The van der Waals surface area contributed by atoms with E-state index in [0.717, 1.165) is 24.2 Å². The lowest BCUT2D eigenvalue weighted by Crippen LogP contribution is -1.92. The molecule has 2 nitrogen and oxygen atoms in total. The molecule has 0 radical (unpaired) electrons. The van der Waals surface area contributed by atoms with Crippen LogP contribution in [-0.2, 0) is 12.8 Å². The largest absolute Gasteiger partial charge is 0.236 e. The third kappa shape index (κ3) is 4.78. The molecule has 0 atom stereocenters. The molecule has 2 heteroatoms. The van der Waals surface area contributed by atoms with Crippen LogP contribution in [-0.4, -0.2) is 9.97 Å². The number of rotatable bonds is 8. The Morgan fingerprint density at radius 2 is 1.15 bits per heavy atom. The highest BCUT2D eigenvalue weighted by Gasteiger charge is 2.03. The van der Waals surface area contributed by atoms with Gasteiger partial charge in [-0.15, -0.1) is 0 Å². The first-order chi connectivity index (χ1) is 12.8. The van der Waals surface area contributed by atoms with Crippen molar-refractivity contribution in [2.24, 2.45) is 0 Å². The molecule has 26 heavy (non-hydrogen) atoms. The van der Waals surface area contributed by atoms with E-state index in [1.54, 1.807) is 0 Å². The number of nitrogens with zero attached hydrogens (tertiary/aromatic N) is 2. The fourth-order valence-electron chi connectivity index (χ4n) is 3.18. The molecule has 1 aromatic heterocycles. The quantitative estimate of drug-likeness (QED) is 0.436. The first-order valence-corrected chi connectivity index (χ1v) is 9.81. The molecule has 0 aliphatic heterocycles. The van der Waals surface area contributed by atoms with Crippen molar-refractivity contribution in [1.29, 1.82) is 0 Å². The van der Waals surface area contributed by atoms with Crippen molar-refractivity contribution in [3.05, 3.63) is 72.1 Å². The van der Waals surface area contributed by atoms with Crippen molar-refractivity contribution in [2.75, 3.05) is 0 Å². The molecule has 0 aliphatic carbocycles. The van der Waals surface area contributed by atoms with E-state index in [9.17, 15) is 0 Å². The van der Waals surface area contributed by atoms with Crippen molar-refractivity contribution < 1.29 is 0 Å². The topological polar surface area (TPSA) is 25.8 Å². The first-order valence-electron chi connectivity index (χ1n) is 9.81. The van der Waals surface area contributed by atoms with Gasteiger partial charge in [-0.2, -0.15) is 0 Å². The lowest BCUT2D eigenvalue weighted by molar-refractivity contribution is 0.717. The molecule has 0 fully saturated rings. The van der Waals surface area contributed by atoms with E-state index < -0.39 is 0 Å². The molecular weight excluding hydrogens is 316 g/mol. The SMILES string of the molecule is CCCCCc1ccc(-c2ccc(-c3ncc(CCC)cn3)cc2)cc1. The Hall–Kier alpha value is -2.48. The van der Waals surface area contributed by atoms with E-state index in [1.165, 1.54) is 47.9 Å². The van der Waals surface area contributed by atoms with Crippen LogP contribution in [0, 0.1) is 0 Å². The summed E-state index contributed by atoms with van der Waals surface area (Å²) in [5.74, 6) is 0.794. The number of hydrogen-bond acceptors (Lipinski definition) is 2. The first kappa shape index (κ1) is 18.3. The van der Waals surface area contributed by atoms with E-state index in [2.05, 4.69) is 72.3 Å². The van der Waals surface area contributed by atoms with E-state index in [4.69, 9.17) is 0 Å². The minimum atomic E-state index is 0.794. The lowest BCUT2D eigenvalue weighted by atomic mass is 10.0. The zero-order valence-electron chi connectivity index (χ0n) is 15.9. The van der Waals surface area contributed by atoms with Gasteiger partial charge in [-0.3, -0.25) is 0 Å². The Kier molecular flexibility index (Phi) is 6.54. The zero-order valence-corrected chi connectivity index (χ0v) is 15.9. The normalized spacial score (nSPS) is 10.8. The van der Waals surface area contributed by atoms with Gasteiger partial charge in [0.15, 0.2) is 5.82 Å². The average molecular weight is 345 g/mol. The van der Waals surface area contributed by atoms with Gasteiger partial charge in [0, 0.05) is 18.0 Å². The smallest absolute Gasteiger partial charge is 0.159 e. The molecular formula is C24H28N2. The molecule has 2 aromatic carbocycles. The van der Waals surface area contributed by atoms with Gasteiger partial charge in [-0.05, 0) is 41.5 Å². The summed E-state index contributed by atoms with van der Waals surface area (Å²) in [6, 6.07) is 17.5. The standard InChI is InChI=1S/C24H28N2/c1-3-5-6-8-19-9-11-21(12-10-19)22-13-15-23(16-14-22)24-25-17-20(7-4-2)18-26-24/h9-18H,3-8H2,1-2H3. The predicted octanol–water partition coefficient (Wildman–Crippen LogP) is 6.50. The maximum atomic E-state index is 4.51. The second-order valence-electron chi connectivity index (χ2n) is 6.90. The molecule has 0 saturated heterocycles. The van der Waals surface area contributed by atoms with Crippen LogP contribution < -0.4 is 0 Å². The molecule has 0 spiro atoms. The minimum Gasteiger partial charge on any atom is -0.236 e. The molecule has 0 bridgehead atoms. The van der Waals surface area contributed by atoms with Gasteiger partial charge in [0.05, 0.1) is 0 Å².